The molecule has 3 heterocycles. The van der Waals surface area contributed by atoms with Crippen molar-refractivity contribution in [3.8, 4) is 11.5 Å². The van der Waals surface area contributed by atoms with Gasteiger partial charge in [-0.3, -0.25) is 9.69 Å². The minimum Gasteiger partial charge on any atom is -0.507 e. The van der Waals surface area contributed by atoms with E-state index in [1.807, 2.05) is 6.92 Å². The number of fused-ring (bicyclic) bond motifs is 3. The van der Waals surface area contributed by atoms with Crippen molar-refractivity contribution < 1.29 is 14.6 Å². The van der Waals surface area contributed by atoms with Gasteiger partial charge < -0.3 is 20.5 Å². The fourth-order valence-corrected chi connectivity index (χ4v) is 4.93. The third kappa shape index (κ3) is 2.91. The third-order valence-electron chi connectivity index (χ3n) is 4.98. The van der Waals surface area contributed by atoms with Gasteiger partial charge in [0.1, 0.15) is 22.7 Å². The first kappa shape index (κ1) is 17.2. The monoisotopic (exact) mass is 373 g/mol. The van der Waals surface area contributed by atoms with Crippen LogP contribution in [0.4, 0.5) is 5.00 Å². The van der Waals surface area contributed by atoms with Gasteiger partial charge in [-0.25, -0.2) is 0 Å². The van der Waals surface area contributed by atoms with Gasteiger partial charge in [-0.2, -0.15) is 0 Å². The second kappa shape index (κ2) is 6.81. The highest BCUT2D eigenvalue weighted by Crippen LogP contribution is 2.41. The summed E-state index contributed by atoms with van der Waals surface area (Å²) in [6, 6.07) is 5.18. The normalized spacial score (nSPS) is 19.3. The SMILES string of the molecule is CCOc1ccc([C@@H]2NC(=O)c3c(sc4c3CCN(CC)C4)N2)c(O)c1. The van der Waals surface area contributed by atoms with E-state index < -0.39 is 6.17 Å². The van der Waals surface area contributed by atoms with Crippen LogP contribution in [0.1, 0.15) is 46.4 Å². The Hall–Kier alpha value is -2.25. The molecule has 0 unspecified atom stereocenters. The van der Waals surface area contributed by atoms with Gasteiger partial charge in [-0.1, -0.05) is 6.92 Å². The van der Waals surface area contributed by atoms with Gasteiger partial charge in [-0.05, 0) is 37.6 Å². The standard InChI is InChI=1S/C19H23N3O3S/c1-3-22-8-7-13-15(10-22)26-19-16(13)18(24)20-17(21-19)12-6-5-11(25-4-2)9-14(12)23/h5-6,9,17,21,23H,3-4,7-8,10H2,1-2H3,(H,20,24)/t17-/m1/s1. The van der Waals surface area contributed by atoms with Gasteiger partial charge in [0.2, 0.25) is 0 Å². The Morgan fingerprint density at radius 2 is 2.19 bits per heavy atom. The lowest BCUT2D eigenvalue weighted by atomic mass is 10.00. The number of phenolic OH excluding ortho intramolecular Hbond substituents is 1. The van der Waals surface area contributed by atoms with Crippen molar-refractivity contribution in [3.05, 3.63) is 39.8 Å². The Morgan fingerprint density at radius 1 is 1.35 bits per heavy atom. The summed E-state index contributed by atoms with van der Waals surface area (Å²) < 4.78 is 5.41. The van der Waals surface area contributed by atoms with Crippen molar-refractivity contribution in [3.63, 3.8) is 0 Å². The van der Waals surface area contributed by atoms with Crippen LogP contribution < -0.4 is 15.4 Å². The average Bonchev–Trinajstić information content (AvgIpc) is 2.99. The number of carbonyl (C=O) groups excluding carboxylic acids is 1. The fourth-order valence-electron chi connectivity index (χ4n) is 3.62. The van der Waals surface area contributed by atoms with E-state index in [1.165, 1.54) is 10.4 Å². The predicted octanol–water partition coefficient (Wildman–Crippen LogP) is 3.08. The molecule has 2 aliphatic rings. The Balaban J connectivity index is 1.63. The Kier molecular flexibility index (Phi) is 4.50. The number of amides is 1. The summed E-state index contributed by atoms with van der Waals surface area (Å²) in [5.41, 5.74) is 2.59. The fraction of sp³-hybridized carbons (Fsp3) is 0.421. The number of ether oxygens (including phenoxy) is 1. The lowest BCUT2D eigenvalue weighted by molar-refractivity contribution is 0.0934. The first-order chi connectivity index (χ1) is 12.6. The summed E-state index contributed by atoms with van der Waals surface area (Å²) in [7, 11) is 0. The van der Waals surface area contributed by atoms with E-state index in [-0.39, 0.29) is 11.7 Å². The van der Waals surface area contributed by atoms with Crippen LogP contribution in [-0.2, 0) is 13.0 Å². The molecule has 1 aromatic heterocycles. The number of nitrogens with zero attached hydrogens (tertiary/aromatic N) is 1. The van der Waals surface area contributed by atoms with E-state index in [9.17, 15) is 9.90 Å². The minimum absolute atomic E-state index is 0.0699. The van der Waals surface area contributed by atoms with Crippen LogP contribution in [0.3, 0.4) is 0 Å². The minimum atomic E-state index is -0.451. The first-order valence-electron chi connectivity index (χ1n) is 9.00. The molecule has 3 N–H and O–H groups in total. The highest BCUT2D eigenvalue weighted by molar-refractivity contribution is 7.16. The number of anilines is 1. The molecule has 1 aromatic carbocycles. The highest BCUT2D eigenvalue weighted by atomic mass is 32.1. The number of hydrogen-bond donors (Lipinski definition) is 3. The number of hydrogen-bond acceptors (Lipinski definition) is 6. The van der Waals surface area contributed by atoms with E-state index in [1.54, 1.807) is 29.5 Å². The molecule has 0 bridgehead atoms. The third-order valence-corrected chi connectivity index (χ3v) is 6.13. The lowest BCUT2D eigenvalue weighted by Gasteiger charge is -2.28. The molecule has 0 saturated heterocycles. The average molecular weight is 373 g/mol. The zero-order valence-corrected chi connectivity index (χ0v) is 15.8. The van der Waals surface area contributed by atoms with Crippen LogP contribution in [0.15, 0.2) is 18.2 Å². The number of nitrogens with one attached hydrogen (secondary N) is 2. The summed E-state index contributed by atoms with van der Waals surface area (Å²) >= 11 is 1.66. The summed E-state index contributed by atoms with van der Waals surface area (Å²) in [5.74, 6) is 0.651. The second-order valence-electron chi connectivity index (χ2n) is 6.53. The van der Waals surface area contributed by atoms with Crippen LogP contribution in [-0.4, -0.2) is 35.6 Å². The molecule has 2 aromatic rings. The van der Waals surface area contributed by atoms with Gasteiger partial charge in [0.15, 0.2) is 0 Å². The smallest absolute Gasteiger partial charge is 0.256 e. The molecule has 1 atom stereocenters. The molecule has 0 spiro atoms. The number of thiophene rings is 1. The Bertz CT molecular complexity index is 849. The maximum atomic E-state index is 12.8. The summed E-state index contributed by atoms with van der Waals surface area (Å²) in [6.07, 6.45) is 0.455. The zero-order chi connectivity index (χ0) is 18.3. The molecule has 0 saturated carbocycles. The van der Waals surface area contributed by atoms with Gasteiger partial charge in [0.05, 0.1) is 12.2 Å². The van der Waals surface area contributed by atoms with Crippen molar-refractivity contribution in [2.45, 2.75) is 33.0 Å². The first-order valence-corrected chi connectivity index (χ1v) is 9.82. The van der Waals surface area contributed by atoms with Crippen molar-refractivity contribution >= 4 is 22.2 Å². The van der Waals surface area contributed by atoms with Crippen LogP contribution in [0, 0.1) is 0 Å². The maximum absolute atomic E-state index is 12.8. The van der Waals surface area contributed by atoms with Crippen molar-refractivity contribution in [2.24, 2.45) is 0 Å². The van der Waals surface area contributed by atoms with E-state index in [0.717, 1.165) is 36.6 Å². The van der Waals surface area contributed by atoms with Gasteiger partial charge in [0, 0.05) is 29.6 Å². The summed E-state index contributed by atoms with van der Waals surface area (Å²) in [5, 5.41) is 17.6. The van der Waals surface area contributed by atoms with Crippen LogP contribution >= 0.6 is 11.3 Å². The quantitative estimate of drug-likeness (QED) is 0.768. The van der Waals surface area contributed by atoms with Crippen LogP contribution in [0.5, 0.6) is 11.5 Å². The van der Waals surface area contributed by atoms with Gasteiger partial charge in [-0.15, -0.1) is 11.3 Å². The maximum Gasteiger partial charge on any atom is 0.256 e. The van der Waals surface area contributed by atoms with E-state index in [2.05, 4.69) is 22.5 Å². The summed E-state index contributed by atoms with van der Waals surface area (Å²) in [6.45, 7) is 7.50. The number of benzene rings is 1. The molecular weight excluding hydrogens is 350 g/mol. The Morgan fingerprint density at radius 3 is 2.92 bits per heavy atom. The van der Waals surface area contributed by atoms with E-state index >= 15 is 0 Å². The highest BCUT2D eigenvalue weighted by Gasteiger charge is 2.33. The van der Waals surface area contributed by atoms with Crippen molar-refractivity contribution in [1.82, 2.24) is 10.2 Å². The molecule has 26 heavy (non-hydrogen) atoms. The van der Waals surface area contributed by atoms with E-state index in [4.69, 9.17) is 4.74 Å². The van der Waals surface area contributed by atoms with Crippen molar-refractivity contribution in [1.29, 1.82) is 0 Å². The number of aromatic hydroxyl groups is 1. The number of phenols is 1. The molecule has 0 aliphatic carbocycles. The predicted molar refractivity (Wildman–Crippen MR) is 102 cm³/mol. The molecule has 2 aliphatic heterocycles. The lowest BCUT2D eigenvalue weighted by Crippen LogP contribution is -2.38. The molecule has 6 nitrogen and oxygen atoms in total. The van der Waals surface area contributed by atoms with E-state index in [0.29, 0.717) is 17.9 Å². The van der Waals surface area contributed by atoms with Crippen LogP contribution in [0.25, 0.3) is 0 Å². The summed E-state index contributed by atoms with van der Waals surface area (Å²) in [4.78, 5) is 16.4. The molecule has 1 amide bonds. The molecular formula is C19H23N3O3S. The molecule has 7 heteroatoms. The Labute approximate surface area is 156 Å². The molecule has 0 fully saturated rings. The topological polar surface area (TPSA) is 73.8 Å². The van der Waals surface area contributed by atoms with Crippen LogP contribution in [0.2, 0.25) is 0 Å². The molecule has 0 radical (unpaired) electrons. The number of carbonyl (C=O) groups is 1. The second-order valence-corrected chi connectivity index (χ2v) is 7.64. The van der Waals surface area contributed by atoms with Gasteiger partial charge in [0.25, 0.3) is 5.91 Å². The molecule has 138 valence electrons. The number of rotatable bonds is 4. The van der Waals surface area contributed by atoms with Crippen molar-refractivity contribution in [2.75, 3.05) is 25.0 Å². The number of likely N-dealkylation sites (N-methyl/N-ethyl adjacent to an activating group) is 1. The van der Waals surface area contributed by atoms with Gasteiger partial charge >= 0.3 is 0 Å². The molecule has 4 rings (SSSR count). The zero-order valence-electron chi connectivity index (χ0n) is 15.0. The largest absolute Gasteiger partial charge is 0.507 e.